The first kappa shape index (κ1) is 20.5. The minimum atomic E-state index is -3.97. The van der Waals surface area contributed by atoms with E-state index in [1.807, 2.05) is 19.9 Å². The van der Waals surface area contributed by atoms with Crippen molar-refractivity contribution in [3.05, 3.63) is 89.7 Å². The van der Waals surface area contributed by atoms with Crippen LogP contribution in [-0.4, -0.2) is 20.9 Å². The Morgan fingerprint density at radius 2 is 1.59 bits per heavy atom. The molecule has 3 rings (SSSR count). The Bertz CT molecular complexity index is 1110. The average molecular weight is 412 g/mol. The van der Waals surface area contributed by atoms with Crippen molar-refractivity contribution >= 4 is 27.3 Å². The maximum Gasteiger partial charge on any atom is 0.264 e. The van der Waals surface area contributed by atoms with Gasteiger partial charge in [-0.25, -0.2) is 12.8 Å². The van der Waals surface area contributed by atoms with Crippen LogP contribution in [0.15, 0.2) is 77.7 Å². The Hall–Kier alpha value is -3.19. The van der Waals surface area contributed by atoms with E-state index in [2.05, 4.69) is 5.32 Å². The highest BCUT2D eigenvalue weighted by molar-refractivity contribution is 7.92. The van der Waals surface area contributed by atoms with Crippen molar-refractivity contribution in [1.82, 2.24) is 0 Å². The Balaban J connectivity index is 1.93. The summed E-state index contributed by atoms with van der Waals surface area (Å²) in [4.78, 5) is 12.7. The molecule has 0 fully saturated rings. The highest BCUT2D eigenvalue weighted by Crippen LogP contribution is 2.25. The number of carbonyl (C=O) groups is 1. The molecule has 0 saturated heterocycles. The van der Waals surface area contributed by atoms with Crippen molar-refractivity contribution in [3.8, 4) is 0 Å². The van der Waals surface area contributed by atoms with Crippen molar-refractivity contribution < 1.29 is 17.6 Å². The second-order valence-electron chi connectivity index (χ2n) is 6.72. The van der Waals surface area contributed by atoms with Crippen molar-refractivity contribution in [2.75, 3.05) is 16.2 Å². The summed E-state index contributed by atoms with van der Waals surface area (Å²) in [5, 5.41) is 2.60. The summed E-state index contributed by atoms with van der Waals surface area (Å²) in [5.74, 6) is -0.958. The van der Waals surface area contributed by atoms with Crippen LogP contribution >= 0.6 is 0 Å². The molecule has 0 atom stereocenters. The maximum atomic E-state index is 13.3. The second-order valence-corrected chi connectivity index (χ2v) is 8.58. The standard InChI is InChI=1S/C22H21FN2O3S/c1-16-6-12-21(13-7-16)29(27,28)25(20-5-3-4-17(2)14-20)15-22(26)24-19-10-8-18(23)9-11-19/h3-14H,15H2,1-2H3,(H,24,26). The molecule has 1 N–H and O–H groups in total. The van der Waals surface area contributed by atoms with Gasteiger partial charge in [0.1, 0.15) is 12.4 Å². The Morgan fingerprint density at radius 3 is 2.21 bits per heavy atom. The highest BCUT2D eigenvalue weighted by Gasteiger charge is 2.27. The number of benzene rings is 3. The van der Waals surface area contributed by atoms with E-state index >= 15 is 0 Å². The van der Waals surface area contributed by atoms with Crippen LogP contribution in [0.3, 0.4) is 0 Å². The van der Waals surface area contributed by atoms with Crippen LogP contribution in [0.4, 0.5) is 15.8 Å². The van der Waals surface area contributed by atoms with Gasteiger partial charge in [0.05, 0.1) is 10.6 Å². The molecule has 7 heteroatoms. The van der Waals surface area contributed by atoms with Gasteiger partial charge in [-0.1, -0.05) is 29.8 Å². The third kappa shape index (κ3) is 5.00. The molecule has 1 amide bonds. The maximum absolute atomic E-state index is 13.3. The number of carbonyl (C=O) groups excluding carboxylic acids is 1. The van der Waals surface area contributed by atoms with E-state index in [9.17, 15) is 17.6 Å². The fourth-order valence-corrected chi connectivity index (χ4v) is 4.21. The van der Waals surface area contributed by atoms with Gasteiger partial charge in [-0.15, -0.1) is 0 Å². The zero-order valence-corrected chi connectivity index (χ0v) is 16.9. The minimum absolute atomic E-state index is 0.0965. The van der Waals surface area contributed by atoms with E-state index in [4.69, 9.17) is 0 Å². The summed E-state index contributed by atoms with van der Waals surface area (Å²) in [6.45, 7) is 3.29. The number of hydrogen-bond donors (Lipinski definition) is 1. The Morgan fingerprint density at radius 1 is 0.931 bits per heavy atom. The van der Waals surface area contributed by atoms with Gasteiger partial charge in [0.2, 0.25) is 5.91 Å². The number of halogens is 1. The van der Waals surface area contributed by atoms with Crippen LogP contribution in [0.1, 0.15) is 11.1 Å². The van der Waals surface area contributed by atoms with Gasteiger partial charge in [-0.3, -0.25) is 9.10 Å². The predicted octanol–water partition coefficient (Wildman–Crippen LogP) is 4.28. The summed E-state index contributed by atoms with van der Waals surface area (Å²) in [6.07, 6.45) is 0. The Labute approximate surface area is 169 Å². The molecular formula is C22H21FN2O3S. The minimum Gasteiger partial charge on any atom is -0.325 e. The zero-order chi connectivity index (χ0) is 21.0. The van der Waals surface area contributed by atoms with Crippen LogP contribution in [0, 0.1) is 19.7 Å². The number of aryl methyl sites for hydroxylation is 2. The third-order valence-corrected chi connectivity index (χ3v) is 6.10. The molecule has 29 heavy (non-hydrogen) atoms. The highest BCUT2D eigenvalue weighted by atomic mass is 32.2. The van der Waals surface area contributed by atoms with Gasteiger partial charge in [-0.05, 0) is 67.9 Å². The third-order valence-electron chi connectivity index (χ3n) is 4.31. The van der Waals surface area contributed by atoms with Gasteiger partial charge in [0.25, 0.3) is 10.0 Å². The molecule has 0 bridgehead atoms. The van der Waals surface area contributed by atoms with Crippen LogP contribution < -0.4 is 9.62 Å². The molecule has 5 nitrogen and oxygen atoms in total. The van der Waals surface area contributed by atoms with E-state index in [0.29, 0.717) is 11.4 Å². The molecule has 0 aliphatic rings. The van der Waals surface area contributed by atoms with Gasteiger partial charge >= 0.3 is 0 Å². The smallest absolute Gasteiger partial charge is 0.264 e. The lowest BCUT2D eigenvalue weighted by molar-refractivity contribution is -0.114. The summed E-state index contributed by atoms with van der Waals surface area (Å²) in [6, 6.07) is 18.7. The van der Waals surface area contributed by atoms with Gasteiger partial charge < -0.3 is 5.32 Å². The van der Waals surface area contributed by atoms with Crippen LogP contribution in [-0.2, 0) is 14.8 Å². The van der Waals surface area contributed by atoms with Crippen LogP contribution in [0.25, 0.3) is 0 Å². The quantitative estimate of drug-likeness (QED) is 0.657. The first-order chi connectivity index (χ1) is 13.8. The van der Waals surface area contributed by atoms with Gasteiger partial charge in [0, 0.05) is 5.69 Å². The lowest BCUT2D eigenvalue weighted by Crippen LogP contribution is -2.38. The number of hydrogen-bond acceptors (Lipinski definition) is 3. The van der Waals surface area contributed by atoms with E-state index in [1.165, 1.54) is 36.4 Å². The normalized spacial score (nSPS) is 11.1. The van der Waals surface area contributed by atoms with Crippen molar-refractivity contribution in [1.29, 1.82) is 0 Å². The molecule has 0 radical (unpaired) electrons. The average Bonchev–Trinajstić information content (AvgIpc) is 2.68. The number of rotatable bonds is 6. The topological polar surface area (TPSA) is 66.5 Å². The van der Waals surface area contributed by atoms with E-state index in [-0.39, 0.29) is 4.90 Å². The first-order valence-corrected chi connectivity index (χ1v) is 10.4. The SMILES string of the molecule is Cc1ccc(S(=O)(=O)N(CC(=O)Nc2ccc(F)cc2)c2cccc(C)c2)cc1. The second kappa shape index (κ2) is 8.45. The Kier molecular flexibility index (Phi) is 5.98. The molecule has 0 aromatic heterocycles. The number of nitrogens with one attached hydrogen (secondary N) is 1. The lowest BCUT2D eigenvalue weighted by atomic mass is 10.2. The summed E-state index contributed by atoms with van der Waals surface area (Å²) in [5.41, 5.74) is 2.57. The molecular weight excluding hydrogens is 391 g/mol. The summed E-state index contributed by atoms with van der Waals surface area (Å²) < 4.78 is 40.7. The molecule has 3 aromatic rings. The fraction of sp³-hybridized carbons (Fsp3) is 0.136. The zero-order valence-electron chi connectivity index (χ0n) is 16.1. The molecule has 3 aromatic carbocycles. The van der Waals surface area contributed by atoms with Crippen LogP contribution in [0.2, 0.25) is 0 Å². The molecule has 150 valence electrons. The van der Waals surface area contributed by atoms with E-state index < -0.39 is 28.3 Å². The number of nitrogens with zero attached hydrogens (tertiary/aromatic N) is 1. The molecule has 0 aliphatic heterocycles. The van der Waals surface area contributed by atoms with Crippen molar-refractivity contribution in [2.45, 2.75) is 18.7 Å². The fourth-order valence-electron chi connectivity index (χ4n) is 2.80. The molecule has 0 aliphatic carbocycles. The monoisotopic (exact) mass is 412 g/mol. The lowest BCUT2D eigenvalue weighted by Gasteiger charge is -2.24. The first-order valence-electron chi connectivity index (χ1n) is 8.97. The number of amides is 1. The predicted molar refractivity (Wildman–Crippen MR) is 112 cm³/mol. The largest absolute Gasteiger partial charge is 0.325 e. The molecule has 0 unspecified atom stereocenters. The van der Waals surface area contributed by atoms with E-state index in [0.717, 1.165) is 15.4 Å². The molecule has 0 heterocycles. The number of sulfonamides is 1. The van der Waals surface area contributed by atoms with Crippen molar-refractivity contribution in [2.24, 2.45) is 0 Å². The summed E-state index contributed by atoms with van der Waals surface area (Å²) in [7, 11) is -3.97. The van der Waals surface area contributed by atoms with E-state index in [1.54, 1.807) is 30.3 Å². The number of anilines is 2. The van der Waals surface area contributed by atoms with Gasteiger partial charge in [-0.2, -0.15) is 0 Å². The van der Waals surface area contributed by atoms with Crippen LogP contribution in [0.5, 0.6) is 0 Å². The summed E-state index contributed by atoms with van der Waals surface area (Å²) >= 11 is 0. The molecule has 0 saturated carbocycles. The van der Waals surface area contributed by atoms with Gasteiger partial charge in [0.15, 0.2) is 0 Å². The van der Waals surface area contributed by atoms with Crippen molar-refractivity contribution in [3.63, 3.8) is 0 Å². The molecule has 0 spiro atoms.